The van der Waals surface area contributed by atoms with Gasteiger partial charge in [0, 0.05) is 12.8 Å². The highest BCUT2D eigenvalue weighted by molar-refractivity contribution is 6.01. The average Bonchev–Trinajstić information content (AvgIpc) is 2.74. The summed E-state index contributed by atoms with van der Waals surface area (Å²) < 4.78 is 0. The van der Waals surface area contributed by atoms with Crippen molar-refractivity contribution >= 4 is 23.9 Å². The smallest absolute Gasteiger partial charge is 0.336 e. The number of carbonyl (C=O) groups is 4. The molecule has 0 heterocycles. The highest BCUT2D eigenvalue weighted by atomic mass is 16.4. The summed E-state index contributed by atoms with van der Waals surface area (Å²) in [7, 11) is 0. The van der Waals surface area contributed by atoms with Crippen molar-refractivity contribution in [1.29, 1.82) is 0 Å². The van der Waals surface area contributed by atoms with Gasteiger partial charge in [-0.2, -0.15) is 0 Å². The van der Waals surface area contributed by atoms with Crippen molar-refractivity contribution in [3.05, 3.63) is 35.4 Å². The molecule has 0 unspecified atom stereocenters. The predicted octanol–water partition coefficient (Wildman–Crippen LogP) is 5.95. The fourth-order valence-corrected chi connectivity index (χ4v) is 2.62. The Morgan fingerprint density at radius 3 is 1.19 bits per heavy atom. The van der Waals surface area contributed by atoms with Crippen LogP contribution < -0.4 is 0 Å². The standard InChI is InChI=1S/C9H18O2.C8H6O4.C7H14O2/c1-2-3-4-5-6-7-8-9(10)11;9-7(10)5-3-1-2-4-6(5)8(11)12;1-2-3-4-5-6-7(8)9/h2-8H2,1H3,(H,10,11);1-4H,(H,9,10)(H,11,12);2-6H2,1H3,(H,8,9). The maximum Gasteiger partial charge on any atom is 0.336 e. The SMILES string of the molecule is CCCCCCC(=O)O.CCCCCCCCC(=O)O.O=C(O)c1ccccc1C(=O)O. The molecule has 32 heavy (non-hydrogen) atoms. The molecule has 0 aromatic heterocycles. The van der Waals surface area contributed by atoms with Crippen LogP contribution in [0.3, 0.4) is 0 Å². The Morgan fingerprint density at radius 2 is 0.875 bits per heavy atom. The van der Waals surface area contributed by atoms with Crippen LogP contribution in [-0.4, -0.2) is 44.3 Å². The molecule has 0 saturated heterocycles. The Labute approximate surface area is 190 Å². The molecule has 1 rings (SSSR count). The molecule has 0 radical (unpaired) electrons. The average molecular weight is 455 g/mol. The Balaban J connectivity index is 0. The first-order valence-corrected chi connectivity index (χ1v) is 11.2. The van der Waals surface area contributed by atoms with E-state index in [2.05, 4.69) is 13.8 Å². The molecule has 4 N–H and O–H groups in total. The van der Waals surface area contributed by atoms with Crippen LogP contribution in [0, 0.1) is 0 Å². The van der Waals surface area contributed by atoms with E-state index in [0.29, 0.717) is 12.8 Å². The van der Waals surface area contributed by atoms with E-state index in [4.69, 9.17) is 20.4 Å². The van der Waals surface area contributed by atoms with Crippen molar-refractivity contribution in [3.63, 3.8) is 0 Å². The first-order valence-electron chi connectivity index (χ1n) is 11.2. The number of hydrogen-bond donors (Lipinski definition) is 4. The van der Waals surface area contributed by atoms with Crippen LogP contribution in [0.5, 0.6) is 0 Å². The quantitative estimate of drug-likeness (QED) is 0.252. The van der Waals surface area contributed by atoms with E-state index in [0.717, 1.165) is 32.1 Å². The van der Waals surface area contributed by atoms with Crippen molar-refractivity contribution in [2.75, 3.05) is 0 Å². The molecular weight excluding hydrogens is 416 g/mol. The fraction of sp³-hybridized carbons (Fsp3) is 0.583. The lowest BCUT2D eigenvalue weighted by Gasteiger charge is -1.98. The fourth-order valence-electron chi connectivity index (χ4n) is 2.62. The number of carboxylic acid groups (broad SMARTS) is 4. The molecule has 0 atom stereocenters. The maximum absolute atomic E-state index is 10.5. The van der Waals surface area contributed by atoms with Crippen LogP contribution in [0.25, 0.3) is 0 Å². The van der Waals surface area contributed by atoms with E-state index in [9.17, 15) is 19.2 Å². The molecule has 182 valence electrons. The van der Waals surface area contributed by atoms with Gasteiger partial charge in [0.1, 0.15) is 0 Å². The van der Waals surface area contributed by atoms with E-state index in [1.807, 2.05) is 0 Å². The van der Waals surface area contributed by atoms with Gasteiger partial charge in [-0.05, 0) is 25.0 Å². The number of aromatic carboxylic acids is 2. The van der Waals surface area contributed by atoms with Gasteiger partial charge in [0.05, 0.1) is 11.1 Å². The maximum atomic E-state index is 10.5. The van der Waals surface area contributed by atoms with E-state index >= 15 is 0 Å². The number of aliphatic carboxylic acids is 2. The Kier molecular flexibility index (Phi) is 20.9. The third-order valence-corrected chi connectivity index (χ3v) is 4.38. The second kappa shape index (κ2) is 21.3. The molecule has 1 aromatic rings. The summed E-state index contributed by atoms with van der Waals surface area (Å²) in [5.41, 5.74) is -0.380. The minimum Gasteiger partial charge on any atom is -0.481 e. The highest BCUT2D eigenvalue weighted by Crippen LogP contribution is 2.08. The lowest BCUT2D eigenvalue weighted by atomic mass is 10.1. The van der Waals surface area contributed by atoms with Gasteiger partial charge in [-0.15, -0.1) is 0 Å². The number of hydrogen-bond acceptors (Lipinski definition) is 4. The van der Waals surface area contributed by atoms with E-state index in [1.54, 1.807) is 0 Å². The van der Waals surface area contributed by atoms with Crippen molar-refractivity contribution in [3.8, 4) is 0 Å². The summed E-state index contributed by atoms with van der Waals surface area (Å²) in [6.45, 7) is 4.29. The second-order valence-corrected chi connectivity index (χ2v) is 7.27. The molecule has 0 aliphatic carbocycles. The zero-order chi connectivity index (χ0) is 24.8. The van der Waals surface area contributed by atoms with Gasteiger partial charge >= 0.3 is 23.9 Å². The summed E-state index contributed by atoms with van der Waals surface area (Å²) in [5.74, 6) is -3.80. The second-order valence-electron chi connectivity index (χ2n) is 7.27. The van der Waals surface area contributed by atoms with Crippen molar-refractivity contribution in [1.82, 2.24) is 0 Å². The predicted molar refractivity (Wildman–Crippen MR) is 122 cm³/mol. The summed E-state index contributed by atoms with van der Waals surface area (Å²) in [5, 5.41) is 33.6. The molecule has 0 saturated carbocycles. The third kappa shape index (κ3) is 20.4. The van der Waals surface area contributed by atoms with Crippen molar-refractivity contribution in [2.45, 2.75) is 90.9 Å². The van der Waals surface area contributed by atoms with Gasteiger partial charge in [-0.25, -0.2) is 9.59 Å². The third-order valence-electron chi connectivity index (χ3n) is 4.38. The van der Waals surface area contributed by atoms with Gasteiger partial charge in [0.15, 0.2) is 0 Å². The van der Waals surface area contributed by atoms with Crippen LogP contribution in [0.2, 0.25) is 0 Å². The van der Waals surface area contributed by atoms with Gasteiger partial charge in [-0.3, -0.25) is 9.59 Å². The Morgan fingerprint density at radius 1 is 0.562 bits per heavy atom. The van der Waals surface area contributed by atoms with Gasteiger partial charge in [0.25, 0.3) is 0 Å². The largest absolute Gasteiger partial charge is 0.481 e. The van der Waals surface area contributed by atoms with Crippen LogP contribution in [-0.2, 0) is 9.59 Å². The molecule has 8 nitrogen and oxygen atoms in total. The zero-order valence-corrected chi connectivity index (χ0v) is 19.2. The minimum absolute atomic E-state index is 0.190. The van der Waals surface area contributed by atoms with E-state index in [1.165, 1.54) is 56.4 Å². The Hall–Kier alpha value is -2.90. The molecule has 0 aliphatic rings. The van der Waals surface area contributed by atoms with Crippen LogP contribution in [0.4, 0.5) is 0 Å². The first kappa shape index (κ1) is 31.3. The number of unbranched alkanes of at least 4 members (excludes halogenated alkanes) is 8. The van der Waals surface area contributed by atoms with Gasteiger partial charge in [0.2, 0.25) is 0 Å². The van der Waals surface area contributed by atoms with E-state index in [-0.39, 0.29) is 11.1 Å². The molecule has 1 aromatic carbocycles. The summed E-state index contributed by atoms with van der Waals surface area (Å²) in [4.78, 5) is 41.0. The molecule has 0 amide bonds. The topological polar surface area (TPSA) is 149 Å². The minimum atomic E-state index is -1.23. The monoisotopic (exact) mass is 454 g/mol. The molecule has 0 fully saturated rings. The number of carboxylic acids is 4. The Bertz CT molecular complexity index is 637. The number of benzene rings is 1. The summed E-state index contributed by atoms with van der Waals surface area (Å²) >= 11 is 0. The molecule has 0 bridgehead atoms. The lowest BCUT2D eigenvalue weighted by Crippen LogP contribution is -2.06. The molecule has 0 spiro atoms. The van der Waals surface area contributed by atoms with Crippen molar-refractivity contribution < 1.29 is 39.6 Å². The molecule has 8 heteroatoms. The summed E-state index contributed by atoms with van der Waals surface area (Å²) in [6.07, 6.45) is 11.8. The van der Waals surface area contributed by atoms with Crippen LogP contribution in [0.15, 0.2) is 24.3 Å². The lowest BCUT2D eigenvalue weighted by molar-refractivity contribution is -0.138. The summed E-state index contributed by atoms with van der Waals surface area (Å²) in [6, 6.07) is 5.48. The van der Waals surface area contributed by atoms with Gasteiger partial charge < -0.3 is 20.4 Å². The van der Waals surface area contributed by atoms with Crippen LogP contribution >= 0.6 is 0 Å². The van der Waals surface area contributed by atoms with Crippen LogP contribution in [0.1, 0.15) is 112 Å². The normalized spacial score (nSPS) is 9.56. The molecular formula is C24H38O8. The van der Waals surface area contributed by atoms with Gasteiger partial charge in [-0.1, -0.05) is 77.3 Å². The first-order chi connectivity index (χ1) is 15.2. The number of rotatable bonds is 14. The van der Waals surface area contributed by atoms with Crippen molar-refractivity contribution in [2.24, 2.45) is 0 Å². The highest BCUT2D eigenvalue weighted by Gasteiger charge is 2.13. The van der Waals surface area contributed by atoms with E-state index < -0.39 is 23.9 Å². The molecule has 0 aliphatic heterocycles. The zero-order valence-electron chi connectivity index (χ0n) is 19.2.